The first kappa shape index (κ1) is 20.3. The van der Waals surface area contributed by atoms with Crippen molar-refractivity contribution in [2.24, 2.45) is 5.14 Å². The second-order valence-electron chi connectivity index (χ2n) is 7.97. The molecule has 1 aromatic rings. The van der Waals surface area contributed by atoms with Gasteiger partial charge in [0.1, 0.15) is 0 Å². The lowest BCUT2D eigenvalue weighted by atomic mass is 9.93. The van der Waals surface area contributed by atoms with Crippen LogP contribution >= 0.6 is 0 Å². The summed E-state index contributed by atoms with van der Waals surface area (Å²) in [5.74, 6) is 0. The van der Waals surface area contributed by atoms with Crippen LogP contribution in [-0.2, 0) is 26.7 Å². The molecule has 0 atom stereocenters. The number of rotatable bonds is 5. The minimum Gasteiger partial charge on any atom is -0.413 e. The molecule has 23 heavy (non-hydrogen) atoms. The summed E-state index contributed by atoms with van der Waals surface area (Å²) < 4.78 is 29.4. The zero-order valence-electron chi connectivity index (χ0n) is 15.1. The van der Waals surface area contributed by atoms with E-state index in [9.17, 15) is 13.5 Å². The predicted octanol–water partition coefficient (Wildman–Crippen LogP) is 3.08. The maximum Gasteiger partial charge on any atom is 0.238 e. The highest BCUT2D eigenvalue weighted by Gasteiger charge is 2.37. The second-order valence-corrected chi connectivity index (χ2v) is 14.3. The van der Waals surface area contributed by atoms with Crippen LogP contribution in [-0.4, -0.2) is 21.8 Å². The van der Waals surface area contributed by atoms with Gasteiger partial charge in [-0.1, -0.05) is 26.8 Å². The maximum atomic E-state index is 11.6. The summed E-state index contributed by atoms with van der Waals surface area (Å²) in [7, 11) is -5.79. The summed E-state index contributed by atoms with van der Waals surface area (Å²) in [4.78, 5) is 0.0272. The van der Waals surface area contributed by atoms with E-state index in [1.54, 1.807) is 19.9 Å². The van der Waals surface area contributed by atoms with Crippen LogP contribution in [0.15, 0.2) is 23.1 Å². The van der Waals surface area contributed by atoms with E-state index < -0.39 is 23.9 Å². The fourth-order valence-electron chi connectivity index (χ4n) is 1.94. The number of sulfonamides is 1. The molecule has 0 radical (unpaired) electrons. The molecule has 0 unspecified atom stereocenters. The normalized spacial score (nSPS) is 14.1. The van der Waals surface area contributed by atoms with E-state index in [0.29, 0.717) is 11.1 Å². The average Bonchev–Trinajstić information content (AvgIpc) is 2.32. The van der Waals surface area contributed by atoms with Crippen LogP contribution < -0.4 is 5.14 Å². The van der Waals surface area contributed by atoms with Crippen molar-refractivity contribution in [1.29, 1.82) is 0 Å². The summed E-state index contributed by atoms with van der Waals surface area (Å²) in [5.41, 5.74) is 0.195. The lowest BCUT2D eigenvalue weighted by molar-refractivity contribution is 0.0760. The van der Waals surface area contributed by atoms with Gasteiger partial charge in [-0.3, -0.25) is 0 Å². The Hall–Kier alpha value is -0.733. The molecular formula is C16H29NO4SSi. The summed E-state index contributed by atoms with van der Waals surface area (Å²) in [6, 6.07) is 4.51. The molecule has 7 heteroatoms. The van der Waals surface area contributed by atoms with E-state index >= 15 is 0 Å². The van der Waals surface area contributed by atoms with E-state index in [4.69, 9.17) is 9.56 Å². The molecule has 0 amide bonds. The third kappa shape index (κ3) is 5.12. The molecule has 5 nitrogen and oxygen atoms in total. The van der Waals surface area contributed by atoms with Crippen molar-refractivity contribution in [3.05, 3.63) is 29.3 Å². The molecule has 0 aliphatic carbocycles. The highest BCUT2D eigenvalue weighted by atomic mass is 32.2. The third-order valence-corrected chi connectivity index (χ3v) is 9.85. The molecule has 1 aromatic carbocycles. The Bertz CT molecular complexity index is 670. The van der Waals surface area contributed by atoms with Gasteiger partial charge in [-0.15, -0.1) is 0 Å². The second kappa shape index (κ2) is 6.29. The van der Waals surface area contributed by atoms with Gasteiger partial charge >= 0.3 is 0 Å². The van der Waals surface area contributed by atoms with E-state index in [0.717, 1.165) is 0 Å². The van der Waals surface area contributed by atoms with Crippen LogP contribution in [0.25, 0.3) is 0 Å². The Balaban J connectivity index is 3.27. The minimum absolute atomic E-state index is 0.0272. The standard InChI is InChI=1S/C16H29NO4SSi/c1-15(2,3)23(6,7)21-11-12-10-13(22(17,19)20)8-9-14(12)16(4,5)18/h8-10,18H,11H2,1-7H3,(H2,17,19,20). The third-order valence-electron chi connectivity index (χ3n) is 4.46. The molecule has 0 saturated heterocycles. The van der Waals surface area contributed by atoms with E-state index in [1.165, 1.54) is 12.1 Å². The van der Waals surface area contributed by atoms with E-state index in [-0.39, 0.29) is 16.5 Å². The van der Waals surface area contributed by atoms with Crippen LogP contribution in [0.2, 0.25) is 18.1 Å². The first-order valence-electron chi connectivity index (χ1n) is 7.58. The average molecular weight is 360 g/mol. The Morgan fingerprint density at radius 3 is 2.09 bits per heavy atom. The topological polar surface area (TPSA) is 89.6 Å². The van der Waals surface area contributed by atoms with Gasteiger partial charge in [-0.05, 0) is 55.2 Å². The van der Waals surface area contributed by atoms with Crippen molar-refractivity contribution in [2.75, 3.05) is 0 Å². The fourth-order valence-corrected chi connectivity index (χ4v) is 3.45. The first-order valence-corrected chi connectivity index (χ1v) is 12.0. The van der Waals surface area contributed by atoms with Gasteiger partial charge in [0.25, 0.3) is 0 Å². The highest BCUT2D eigenvalue weighted by molar-refractivity contribution is 7.89. The van der Waals surface area contributed by atoms with Crippen molar-refractivity contribution in [3.8, 4) is 0 Å². The Morgan fingerprint density at radius 2 is 1.70 bits per heavy atom. The zero-order valence-corrected chi connectivity index (χ0v) is 16.9. The van der Waals surface area contributed by atoms with Crippen molar-refractivity contribution in [3.63, 3.8) is 0 Å². The van der Waals surface area contributed by atoms with Crippen molar-refractivity contribution in [1.82, 2.24) is 0 Å². The Kier molecular flexibility index (Phi) is 5.55. The number of nitrogens with two attached hydrogens (primary N) is 1. The Labute approximate surface area is 141 Å². The van der Waals surface area contributed by atoms with E-state index in [2.05, 4.69) is 33.9 Å². The largest absolute Gasteiger partial charge is 0.413 e. The molecule has 0 fully saturated rings. The molecule has 0 aromatic heterocycles. The number of hydrogen-bond donors (Lipinski definition) is 2. The number of primary sulfonamides is 1. The first-order chi connectivity index (χ1) is 10.1. The molecule has 0 aliphatic heterocycles. The summed E-state index contributed by atoms with van der Waals surface area (Å²) in [5, 5.41) is 15.6. The van der Waals surface area contributed by atoms with Gasteiger partial charge in [-0.25, -0.2) is 13.6 Å². The maximum absolute atomic E-state index is 11.6. The van der Waals surface area contributed by atoms with E-state index in [1.807, 2.05) is 0 Å². The number of benzene rings is 1. The monoisotopic (exact) mass is 359 g/mol. The van der Waals surface area contributed by atoms with Gasteiger partial charge < -0.3 is 9.53 Å². The summed E-state index contributed by atoms with van der Waals surface area (Å²) in [6.07, 6.45) is 0. The highest BCUT2D eigenvalue weighted by Crippen LogP contribution is 2.37. The fraction of sp³-hybridized carbons (Fsp3) is 0.625. The molecular weight excluding hydrogens is 330 g/mol. The molecule has 0 saturated carbocycles. The van der Waals surface area contributed by atoms with Crippen LogP contribution in [0.3, 0.4) is 0 Å². The molecule has 0 spiro atoms. The molecule has 0 heterocycles. The summed E-state index contributed by atoms with van der Waals surface area (Å²) in [6.45, 7) is 14.2. The number of aliphatic hydroxyl groups is 1. The van der Waals surface area contributed by atoms with Gasteiger partial charge in [0, 0.05) is 0 Å². The van der Waals surface area contributed by atoms with Crippen LogP contribution in [0.5, 0.6) is 0 Å². The molecule has 0 bridgehead atoms. The van der Waals surface area contributed by atoms with Gasteiger partial charge in [0.2, 0.25) is 10.0 Å². The van der Waals surface area contributed by atoms with Gasteiger partial charge in [-0.2, -0.15) is 0 Å². The molecule has 132 valence electrons. The molecule has 3 N–H and O–H groups in total. The van der Waals surface area contributed by atoms with Gasteiger partial charge in [0.15, 0.2) is 8.32 Å². The molecule has 1 rings (SSSR count). The molecule has 0 aliphatic rings. The van der Waals surface area contributed by atoms with Crippen LogP contribution in [0.1, 0.15) is 45.7 Å². The van der Waals surface area contributed by atoms with Gasteiger partial charge in [0.05, 0.1) is 17.1 Å². The lowest BCUT2D eigenvalue weighted by Gasteiger charge is -2.36. The number of hydrogen-bond acceptors (Lipinski definition) is 4. The van der Waals surface area contributed by atoms with Crippen molar-refractivity contribution in [2.45, 2.75) is 69.9 Å². The summed E-state index contributed by atoms with van der Waals surface area (Å²) >= 11 is 0. The zero-order chi connectivity index (χ0) is 18.3. The van der Waals surface area contributed by atoms with Crippen LogP contribution in [0.4, 0.5) is 0 Å². The van der Waals surface area contributed by atoms with Crippen molar-refractivity contribution >= 4 is 18.3 Å². The van der Waals surface area contributed by atoms with Crippen molar-refractivity contribution < 1.29 is 18.0 Å². The minimum atomic E-state index is -3.80. The quantitative estimate of drug-likeness (QED) is 0.791. The lowest BCUT2D eigenvalue weighted by Crippen LogP contribution is -2.40. The predicted molar refractivity (Wildman–Crippen MR) is 95.0 cm³/mol. The Morgan fingerprint density at radius 1 is 1.17 bits per heavy atom. The smallest absolute Gasteiger partial charge is 0.238 e. The SMILES string of the molecule is CC(C)(O)c1ccc(S(N)(=O)=O)cc1CO[Si](C)(C)C(C)(C)C. The van der Waals surface area contributed by atoms with Crippen LogP contribution in [0, 0.1) is 0 Å².